The predicted octanol–water partition coefficient (Wildman–Crippen LogP) is 1.87. The highest BCUT2D eigenvalue weighted by Gasteiger charge is 2.19. The number of nitrogens with zero attached hydrogens (tertiary/aromatic N) is 4. The lowest BCUT2D eigenvalue weighted by molar-refractivity contribution is 0.122. The molecule has 0 saturated carbocycles. The van der Waals surface area contributed by atoms with Crippen molar-refractivity contribution in [2.24, 2.45) is 0 Å². The zero-order valence-corrected chi connectivity index (χ0v) is 12.8. The van der Waals surface area contributed by atoms with Crippen molar-refractivity contribution in [1.82, 2.24) is 19.9 Å². The summed E-state index contributed by atoms with van der Waals surface area (Å²) in [6.07, 6.45) is 0. The van der Waals surface area contributed by atoms with E-state index in [0.29, 0.717) is 30.3 Å². The number of rotatable bonds is 2. The predicted molar refractivity (Wildman–Crippen MR) is 86.6 cm³/mol. The molecule has 0 unspecified atom stereocenters. The number of morpholine rings is 1. The first-order chi connectivity index (χ1) is 11.2. The Morgan fingerprint density at radius 1 is 1.17 bits per heavy atom. The fourth-order valence-corrected chi connectivity index (χ4v) is 2.76. The Labute approximate surface area is 133 Å². The van der Waals surface area contributed by atoms with Gasteiger partial charge >= 0.3 is 0 Å². The van der Waals surface area contributed by atoms with Crippen LogP contribution in [0, 0.1) is 6.92 Å². The molecule has 0 atom stereocenters. The number of nitrogens with one attached hydrogen (secondary N) is 1. The molecule has 3 aromatic rings. The summed E-state index contributed by atoms with van der Waals surface area (Å²) in [5, 5.41) is 9.77. The number of imidazole rings is 1. The SMILES string of the molecule is Cc1nc2c(-c3cccc(O)c3)nc(N3CCOCC3)nc2[nH]1. The second-order valence-corrected chi connectivity index (χ2v) is 5.54. The van der Waals surface area contributed by atoms with Gasteiger partial charge in [-0.05, 0) is 19.1 Å². The van der Waals surface area contributed by atoms with Crippen molar-refractivity contribution in [1.29, 1.82) is 0 Å². The Hall–Kier alpha value is -2.67. The smallest absolute Gasteiger partial charge is 0.228 e. The standard InChI is InChI=1S/C16H17N5O2/c1-10-17-14-13(11-3-2-4-12(22)9-11)19-16(20-15(14)18-10)21-5-7-23-8-6-21/h2-4,9,22H,5-8H2,1H3,(H,17,18,19,20). The van der Waals surface area contributed by atoms with Crippen LogP contribution in [-0.2, 0) is 4.74 Å². The van der Waals surface area contributed by atoms with Gasteiger partial charge in [0.2, 0.25) is 5.95 Å². The van der Waals surface area contributed by atoms with Gasteiger partial charge in [0.05, 0.1) is 13.2 Å². The van der Waals surface area contributed by atoms with Gasteiger partial charge in [-0.15, -0.1) is 0 Å². The first kappa shape index (κ1) is 14.0. The average Bonchev–Trinajstić information content (AvgIpc) is 2.95. The Kier molecular flexibility index (Phi) is 3.34. The quantitative estimate of drug-likeness (QED) is 0.751. The number of aromatic hydroxyl groups is 1. The molecule has 118 valence electrons. The number of ether oxygens (including phenoxy) is 1. The molecule has 7 nitrogen and oxygen atoms in total. The van der Waals surface area contributed by atoms with Crippen LogP contribution in [0.2, 0.25) is 0 Å². The van der Waals surface area contributed by atoms with E-state index in [-0.39, 0.29) is 5.75 Å². The molecule has 1 aliphatic heterocycles. The van der Waals surface area contributed by atoms with Crippen LogP contribution in [0.3, 0.4) is 0 Å². The summed E-state index contributed by atoms with van der Waals surface area (Å²) in [6, 6.07) is 7.04. The van der Waals surface area contributed by atoms with Crippen molar-refractivity contribution in [3.05, 3.63) is 30.1 Å². The van der Waals surface area contributed by atoms with Gasteiger partial charge in [-0.2, -0.15) is 4.98 Å². The molecular formula is C16H17N5O2. The number of phenols is 1. The van der Waals surface area contributed by atoms with Crippen molar-refractivity contribution in [2.75, 3.05) is 31.2 Å². The molecule has 2 N–H and O–H groups in total. The Bertz CT molecular complexity index is 855. The monoisotopic (exact) mass is 311 g/mol. The summed E-state index contributed by atoms with van der Waals surface area (Å²) < 4.78 is 5.39. The summed E-state index contributed by atoms with van der Waals surface area (Å²) in [5.41, 5.74) is 2.96. The molecule has 3 heterocycles. The van der Waals surface area contributed by atoms with Crippen LogP contribution in [0.5, 0.6) is 5.75 Å². The summed E-state index contributed by atoms with van der Waals surface area (Å²) >= 11 is 0. The largest absolute Gasteiger partial charge is 0.508 e. The maximum absolute atomic E-state index is 9.77. The van der Waals surface area contributed by atoms with E-state index >= 15 is 0 Å². The first-order valence-corrected chi connectivity index (χ1v) is 7.57. The van der Waals surface area contributed by atoms with Gasteiger partial charge in [-0.1, -0.05) is 12.1 Å². The number of anilines is 1. The highest BCUT2D eigenvalue weighted by Crippen LogP contribution is 2.29. The zero-order chi connectivity index (χ0) is 15.8. The average molecular weight is 311 g/mol. The van der Waals surface area contributed by atoms with Crippen LogP contribution in [0.4, 0.5) is 5.95 Å². The van der Waals surface area contributed by atoms with Crippen molar-refractivity contribution >= 4 is 17.1 Å². The number of benzene rings is 1. The van der Waals surface area contributed by atoms with Gasteiger partial charge in [-0.3, -0.25) is 0 Å². The summed E-state index contributed by atoms with van der Waals surface area (Å²) in [5.74, 6) is 1.65. The second-order valence-electron chi connectivity index (χ2n) is 5.54. The van der Waals surface area contributed by atoms with E-state index in [0.717, 1.165) is 30.2 Å². The number of phenolic OH excluding ortho intramolecular Hbond substituents is 1. The summed E-state index contributed by atoms with van der Waals surface area (Å²) in [7, 11) is 0. The summed E-state index contributed by atoms with van der Waals surface area (Å²) in [4.78, 5) is 19.1. The molecule has 0 amide bonds. The van der Waals surface area contributed by atoms with Crippen LogP contribution in [0.1, 0.15) is 5.82 Å². The fourth-order valence-electron chi connectivity index (χ4n) is 2.76. The van der Waals surface area contributed by atoms with Crippen LogP contribution in [-0.4, -0.2) is 51.3 Å². The number of aryl methyl sites for hydroxylation is 1. The molecule has 0 radical (unpaired) electrons. The number of aromatic amines is 1. The third kappa shape index (κ3) is 2.59. The lowest BCUT2D eigenvalue weighted by Gasteiger charge is -2.27. The maximum Gasteiger partial charge on any atom is 0.228 e. The van der Waals surface area contributed by atoms with Gasteiger partial charge in [0.1, 0.15) is 22.8 Å². The van der Waals surface area contributed by atoms with Gasteiger partial charge in [0.25, 0.3) is 0 Å². The van der Waals surface area contributed by atoms with E-state index in [2.05, 4.69) is 19.9 Å². The molecule has 4 rings (SSSR count). The molecule has 23 heavy (non-hydrogen) atoms. The van der Waals surface area contributed by atoms with Gasteiger partial charge in [0.15, 0.2) is 5.65 Å². The fraction of sp³-hybridized carbons (Fsp3) is 0.312. The topological polar surface area (TPSA) is 87.2 Å². The van der Waals surface area contributed by atoms with E-state index in [4.69, 9.17) is 9.72 Å². The van der Waals surface area contributed by atoms with Gasteiger partial charge < -0.3 is 19.7 Å². The minimum atomic E-state index is 0.203. The highest BCUT2D eigenvalue weighted by molar-refractivity contribution is 5.88. The molecule has 0 aliphatic carbocycles. The highest BCUT2D eigenvalue weighted by atomic mass is 16.5. The van der Waals surface area contributed by atoms with Crippen molar-refractivity contribution in [3.63, 3.8) is 0 Å². The Balaban J connectivity index is 1.90. The second kappa shape index (κ2) is 5.51. The molecular weight excluding hydrogens is 294 g/mol. The zero-order valence-electron chi connectivity index (χ0n) is 12.8. The van der Waals surface area contributed by atoms with Crippen LogP contribution in [0.25, 0.3) is 22.4 Å². The third-order valence-corrected chi connectivity index (χ3v) is 3.86. The Morgan fingerprint density at radius 2 is 2.00 bits per heavy atom. The molecule has 0 bridgehead atoms. The molecule has 1 aromatic carbocycles. The molecule has 2 aromatic heterocycles. The van der Waals surface area contributed by atoms with Gasteiger partial charge in [-0.25, -0.2) is 9.97 Å². The number of H-pyrrole nitrogens is 1. The van der Waals surface area contributed by atoms with Crippen LogP contribution in [0.15, 0.2) is 24.3 Å². The number of hydrogen-bond donors (Lipinski definition) is 2. The van der Waals surface area contributed by atoms with Crippen LogP contribution < -0.4 is 4.90 Å². The van der Waals surface area contributed by atoms with E-state index < -0.39 is 0 Å². The van der Waals surface area contributed by atoms with E-state index in [9.17, 15) is 5.11 Å². The third-order valence-electron chi connectivity index (χ3n) is 3.86. The molecule has 1 aliphatic rings. The Morgan fingerprint density at radius 3 is 2.78 bits per heavy atom. The minimum absolute atomic E-state index is 0.203. The molecule has 7 heteroatoms. The van der Waals surface area contributed by atoms with E-state index in [1.165, 1.54) is 0 Å². The summed E-state index contributed by atoms with van der Waals surface area (Å²) in [6.45, 7) is 4.76. The normalized spacial score (nSPS) is 15.3. The van der Waals surface area contributed by atoms with E-state index in [1.54, 1.807) is 18.2 Å². The first-order valence-electron chi connectivity index (χ1n) is 7.57. The van der Waals surface area contributed by atoms with Crippen molar-refractivity contribution < 1.29 is 9.84 Å². The number of hydrogen-bond acceptors (Lipinski definition) is 6. The molecule has 0 spiro atoms. The van der Waals surface area contributed by atoms with E-state index in [1.807, 2.05) is 13.0 Å². The van der Waals surface area contributed by atoms with Crippen LogP contribution >= 0.6 is 0 Å². The molecule has 1 saturated heterocycles. The van der Waals surface area contributed by atoms with Gasteiger partial charge in [0, 0.05) is 18.7 Å². The molecule has 1 fully saturated rings. The number of fused-ring (bicyclic) bond motifs is 1. The lowest BCUT2D eigenvalue weighted by Crippen LogP contribution is -2.37. The van der Waals surface area contributed by atoms with Crippen molar-refractivity contribution in [3.8, 4) is 17.0 Å². The maximum atomic E-state index is 9.77. The number of aromatic nitrogens is 4. The minimum Gasteiger partial charge on any atom is -0.508 e. The lowest BCUT2D eigenvalue weighted by atomic mass is 10.1. The van der Waals surface area contributed by atoms with Crippen molar-refractivity contribution in [2.45, 2.75) is 6.92 Å².